The van der Waals surface area contributed by atoms with Gasteiger partial charge in [0.15, 0.2) is 0 Å². The number of carbonyl (C=O) groups excluding carboxylic acids is 1. The minimum absolute atomic E-state index is 0.136. The summed E-state index contributed by atoms with van der Waals surface area (Å²) in [5.74, 6) is -1.14. The van der Waals surface area contributed by atoms with E-state index in [4.69, 9.17) is 5.11 Å². The molecule has 0 aromatic rings. The molecule has 0 aliphatic heterocycles. The van der Waals surface area contributed by atoms with E-state index in [0.717, 1.165) is 6.42 Å². The van der Waals surface area contributed by atoms with Gasteiger partial charge in [-0.05, 0) is 18.6 Å². The van der Waals surface area contributed by atoms with Gasteiger partial charge in [-0.2, -0.15) is 11.8 Å². The average molecular weight is 262 g/mol. The first-order valence-corrected chi connectivity index (χ1v) is 6.97. The van der Waals surface area contributed by atoms with Crippen LogP contribution in [0.2, 0.25) is 0 Å². The standard InChI is InChI=1S/C11H22N2O3S/c1-7(2)9(10(14)15)13-11(16)12-6-5-8(3)17-4/h7-9H,5-6H2,1-4H3,(H,14,15)(H2,12,13,16)/t8?,9-/m0/s1. The molecule has 0 aromatic carbocycles. The number of hydrogen-bond donors (Lipinski definition) is 3. The summed E-state index contributed by atoms with van der Waals surface area (Å²) in [6.45, 7) is 6.15. The first-order valence-electron chi connectivity index (χ1n) is 5.68. The summed E-state index contributed by atoms with van der Waals surface area (Å²) >= 11 is 1.73. The number of carbonyl (C=O) groups is 2. The van der Waals surface area contributed by atoms with E-state index in [1.807, 2.05) is 6.26 Å². The molecular weight excluding hydrogens is 240 g/mol. The molecule has 0 aromatic heterocycles. The molecule has 0 heterocycles. The predicted octanol–water partition coefficient (Wildman–Crippen LogP) is 1.54. The molecule has 0 aliphatic carbocycles. The third-order valence-electron chi connectivity index (χ3n) is 2.46. The highest BCUT2D eigenvalue weighted by Crippen LogP contribution is 2.07. The van der Waals surface area contributed by atoms with Gasteiger partial charge in [0, 0.05) is 11.8 Å². The Labute approximate surface area is 107 Å². The summed E-state index contributed by atoms with van der Waals surface area (Å²) in [6, 6.07) is -1.26. The molecule has 17 heavy (non-hydrogen) atoms. The Morgan fingerprint density at radius 1 is 1.29 bits per heavy atom. The predicted molar refractivity (Wildman–Crippen MR) is 70.4 cm³/mol. The van der Waals surface area contributed by atoms with Crippen LogP contribution < -0.4 is 10.6 Å². The molecule has 5 nitrogen and oxygen atoms in total. The monoisotopic (exact) mass is 262 g/mol. The fourth-order valence-electron chi connectivity index (χ4n) is 1.21. The molecule has 0 rings (SSSR count). The third kappa shape index (κ3) is 7.10. The van der Waals surface area contributed by atoms with Crippen LogP contribution in [0, 0.1) is 5.92 Å². The van der Waals surface area contributed by atoms with Crippen LogP contribution in [0.25, 0.3) is 0 Å². The highest BCUT2D eigenvalue weighted by atomic mass is 32.2. The molecule has 6 heteroatoms. The van der Waals surface area contributed by atoms with E-state index in [2.05, 4.69) is 17.6 Å². The Bertz CT molecular complexity index is 259. The lowest BCUT2D eigenvalue weighted by atomic mass is 10.1. The van der Waals surface area contributed by atoms with Gasteiger partial charge < -0.3 is 15.7 Å². The van der Waals surface area contributed by atoms with E-state index < -0.39 is 18.0 Å². The van der Waals surface area contributed by atoms with Gasteiger partial charge in [-0.3, -0.25) is 0 Å². The second kappa shape index (κ2) is 8.22. The Hall–Kier alpha value is -0.910. The number of aliphatic carboxylic acids is 1. The Morgan fingerprint density at radius 3 is 2.29 bits per heavy atom. The van der Waals surface area contributed by atoms with Gasteiger partial charge in [0.25, 0.3) is 0 Å². The minimum atomic E-state index is -1.01. The number of urea groups is 1. The average Bonchev–Trinajstić information content (AvgIpc) is 2.24. The molecule has 100 valence electrons. The minimum Gasteiger partial charge on any atom is -0.480 e. The van der Waals surface area contributed by atoms with Gasteiger partial charge in [0.05, 0.1) is 0 Å². The van der Waals surface area contributed by atoms with Crippen LogP contribution in [0.15, 0.2) is 0 Å². The van der Waals surface area contributed by atoms with Crippen molar-refractivity contribution in [3.05, 3.63) is 0 Å². The van der Waals surface area contributed by atoms with Gasteiger partial charge in [-0.15, -0.1) is 0 Å². The maximum atomic E-state index is 11.4. The highest BCUT2D eigenvalue weighted by molar-refractivity contribution is 7.99. The molecule has 0 saturated heterocycles. The van der Waals surface area contributed by atoms with Gasteiger partial charge in [0.1, 0.15) is 6.04 Å². The molecule has 2 atom stereocenters. The van der Waals surface area contributed by atoms with Crippen LogP contribution in [0.4, 0.5) is 4.79 Å². The summed E-state index contributed by atoms with van der Waals surface area (Å²) in [5, 5.41) is 14.5. The third-order valence-corrected chi connectivity index (χ3v) is 3.50. The lowest BCUT2D eigenvalue weighted by Crippen LogP contribution is -2.48. The molecule has 0 fully saturated rings. The van der Waals surface area contributed by atoms with E-state index in [1.54, 1.807) is 25.6 Å². The second-order valence-electron chi connectivity index (χ2n) is 4.30. The van der Waals surface area contributed by atoms with Crippen molar-refractivity contribution in [2.75, 3.05) is 12.8 Å². The fourth-order valence-corrected chi connectivity index (χ4v) is 1.57. The summed E-state index contributed by atoms with van der Waals surface area (Å²) in [6.07, 6.45) is 2.89. The van der Waals surface area contributed by atoms with Crippen molar-refractivity contribution in [3.63, 3.8) is 0 Å². The van der Waals surface area contributed by atoms with Crippen LogP contribution >= 0.6 is 11.8 Å². The first-order chi connectivity index (χ1) is 7.88. The zero-order chi connectivity index (χ0) is 13.4. The molecule has 0 aliphatic rings. The molecule has 0 spiro atoms. The lowest BCUT2D eigenvalue weighted by molar-refractivity contribution is -0.140. The number of rotatable bonds is 7. The van der Waals surface area contributed by atoms with E-state index in [0.29, 0.717) is 11.8 Å². The van der Waals surface area contributed by atoms with Gasteiger partial charge in [-0.25, -0.2) is 9.59 Å². The zero-order valence-corrected chi connectivity index (χ0v) is 11.6. The maximum Gasteiger partial charge on any atom is 0.326 e. The first kappa shape index (κ1) is 16.1. The second-order valence-corrected chi connectivity index (χ2v) is 5.57. The quantitative estimate of drug-likeness (QED) is 0.650. The van der Waals surface area contributed by atoms with Crippen molar-refractivity contribution in [1.29, 1.82) is 0 Å². The van der Waals surface area contributed by atoms with Crippen LogP contribution in [-0.4, -0.2) is 41.2 Å². The smallest absolute Gasteiger partial charge is 0.326 e. The number of carboxylic acid groups (broad SMARTS) is 1. The molecule has 1 unspecified atom stereocenters. The Kier molecular flexibility index (Phi) is 7.78. The molecule has 0 saturated carbocycles. The van der Waals surface area contributed by atoms with Crippen molar-refractivity contribution in [1.82, 2.24) is 10.6 Å². The Balaban J connectivity index is 3.95. The number of thioether (sulfide) groups is 1. The van der Waals surface area contributed by atoms with Gasteiger partial charge >= 0.3 is 12.0 Å². The number of carboxylic acids is 1. The van der Waals surface area contributed by atoms with Crippen molar-refractivity contribution in [3.8, 4) is 0 Å². The molecule has 0 radical (unpaired) electrons. The maximum absolute atomic E-state index is 11.4. The summed E-state index contributed by atoms with van der Waals surface area (Å²) in [5.41, 5.74) is 0. The normalized spacial score (nSPS) is 14.2. The van der Waals surface area contributed by atoms with Crippen molar-refractivity contribution >= 4 is 23.8 Å². The lowest BCUT2D eigenvalue weighted by Gasteiger charge is -2.18. The molecule has 3 N–H and O–H groups in total. The van der Waals surface area contributed by atoms with E-state index in [1.165, 1.54) is 0 Å². The van der Waals surface area contributed by atoms with Gasteiger partial charge in [-0.1, -0.05) is 20.8 Å². The molecule has 0 bridgehead atoms. The summed E-state index contributed by atoms with van der Waals surface area (Å²) < 4.78 is 0. The van der Waals surface area contributed by atoms with Crippen LogP contribution in [0.1, 0.15) is 27.2 Å². The highest BCUT2D eigenvalue weighted by Gasteiger charge is 2.23. The summed E-state index contributed by atoms with van der Waals surface area (Å²) in [7, 11) is 0. The number of hydrogen-bond acceptors (Lipinski definition) is 3. The van der Waals surface area contributed by atoms with Crippen LogP contribution in [0.5, 0.6) is 0 Å². The topological polar surface area (TPSA) is 78.4 Å². The molecular formula is C11H22N2O3S. The van der Waals surface area contributed by atoms with Crippen LogP contribution in [-0.2, 0) is 4.79 Å². The zero-order valence-electron chi connectivity index (χ0n) is 10.8. The van der Waals surface area contributed by atoms with Crippen LogP contribution in [0.3, 0.4) is 0 Å². The van der Waals surface area contributed by atoms with Crippen molar-refractivity contribution in [2.45, 2.75) is 38.5 Å². The number of nitrogens with one attached hydrogen (secondary N) is 2. The Morgan fingerprint density at radius 2 is 1.88 bits per heavy atom. The van der Waals surface area contributed by atoms with Crippen molar-refractivity contribution < 1.29 is 14.7 Å². The number of amides is 2. The summed E-state index contributed by atoms with van der Waals surface area (Å²) in [4.78, 5) is 22.3. The van der Waals surface area contributed by atoms with E-state index in [-0.39, 0.29) is 5.92 Å². The SMILES string of the molecule is CSC(C)CCNC(=O)N[C@H](C(=O)O)C(C)C. The van der Waals surface area contributed by atoms with Crippen molar-refractivity contribution in [2.24, 2.45) is 5.92 Å². The van der Waals surface area contributed by atoms with E-state index in [9.17, 15) is 9.59 Å². The molecule has 2 amide bonds. The van der Waals surface area contributed by atoms with E-state index >= 15 is 0 Å². The largest absolute Gasteiger partial charge is 0.480 e. The van der Waals surface area contributed by atoms with Gasteiger partial charge in [0.2, 0.25) is 0 Å². The fraction of sp³-hybridized carbons (Fsp3) is 0.818.